The molecule has 4 nitrogen and oxygen atoms in total. The zero-order valence-electron chi connectivity index (χ0n) is 8.78. The minimum Gasteiger partial charge on any atom is -0.481 e. The lowest BCUT2D eigenvalue weighted by atomic mass is 10.1. The molecule has 0 saturated heterocycles. The van der Waals surface area contributed by atoms with Crippen molar-refractivity contribution in [2.24, 2.45) is 0 Å². The Morgan fingerprint density at radius 2 is 0.933 bits per heavy atom. The Kier molecular flexibility index (Phi) is 12.6. The molecule has 0 saturated carbocycles. The molecule has 90 valence electrons. The molecule has 0 aromatic carbocycles. The van der Waals surface area contributed by atoms with Gasteiger partial charge in [0.2, 0.25) is 0 Å². The van der Waals surface area contributed by atoms with Gasteiger partial charge in [0, 0.05) is 12.8 Å². The monoisotopic (exact) mass is 238 g/mol. The smallest absolute Gasteiger partial charge is 0.303 e. The van der Waals surface area contributed by atoms with Gasteiger partial charge in [-0.05, 0) is 12.8 Å². The van der Waals surface area contributed by atoms with Gasteiger partial charge in [0.05, 0.1) is 0 Å². The van der Waals surface area contributed by atoms with Crippen molar-refractivity contribution in [3.63, 3.8) is 0 Å². The zero-order valence-corrected chi connectivity index (χ0v) is 9.59. The van der Waals surface area contributed by atoms with Gasteiger partial charge in [-0.15, -0.1) is 12.4 Å². The van der Waals surface area contributed by atoms with E-state index in [0.29, 0.717) is 0 Å². The predicted octanol–water partition coefficient (Wildman–Crippen LogP) is 2.70. The summed E-state index contributed by atoms with van der Waals surface area (Å²) in [6.45, 7) is 0. The highest BCUT2D eigenvalue weighted by molar-refractivity contribution is 5.85. The van der Waals surface area contributed by atoms with Gasteiger partial charge in [0.15, 0.2) is 0 Å². The average Bonchev–Trinajstić information content (AvgIpc) is 2.08. The van der Waals surface area contributed by atoms with Crippen LogP contribution < -0.4 is 0 Å². The maximum absolute atomic E-state index is 10.1. The number of halogens is 1. The minimum absolute atomic E-state index is 0. The lowest BCUT2D eigenvalue weighted by Crippen LogP contribution is -1.94. The van der Waals surface area contributed by atoms with Crippen molar-refractivity contribution < 1.29 is 19.8 Å². The highest BCUT2D eigenvalue weighted by Gasteiger charge is 1.98. The second-order valence-electron chi connectivity index (χ2n) is 3.41. The summed E-state index contributed by atoms with van der Waals surface area (Å²) >= 11 is 0. The first-order valence-electron chi connectivity index (χ1n) is 5.06. The third kappa shape index (κ3) is 15.9. The van der Waals surface area contributed by atoms with Crippen LogP contribution in [0.4, 0.5) is 0 Å². The van der Waals surface area contributed by atoms with Crippen LogP contribution >= 0.6 is 12.4 Å². The highest BCUT2D eigenvalue weighted by atomic mass is 35.5. The van der Waals surface area contributed by atoms with Crippen LogP contribution in [0.15, 0.2) is 0 Å². The molecule has 0 aromatic heterocycles. The van der Waals surface area contributed by atoms with E-state index in [2.05, 4.69) is 0 Å². The SMILES string of the molecule is Cl.O=C(O)CCCCCCCCC(=O)O. The molecule has 0 heterocycles. The van der Waals surface area contributed by atoms with Gasteiger partial charge in [0.25, 0.3) is 0 Å². The lowest BCUT2D eigenvalue weighted by Gasteiger charge is -1.98. The number of unbranched alkanes of at least 4 members (excludes halogenated alkanes) is 5. The van der Waals surface area contributed by atoms with E-state index in [9.17, 15) is 9.59 Å². The third-order valence-corrected chi connectivity index (χ3v) is 2.03. The number of hydrogen-bond acceptors (Lipinski definition) is 2. The predicted molar refractivity (Wildman–Crippen MR) is 59.5 cm³/mol. The van der Waals surface area contributed by atoms with E-state index in [4.69, 9.17) is 10.2 Å². The van der Waals surface area contributed by atoms with Crippen molar-refractivity contribution in [1.82, 2.24) is 0 Å². The van der Waals surface area contributed by atoms with Crippen molar-refractivity contribution in [3.8, 4) is 0 Å². The summed E-state index contributed by atoms with van der Waals surface area (Å²) in [5, 5.41) is 16.7. The van der Waals surface area contributed by atoms with Crippen LogP contribution in [-0.2, 0) is 9.59 Å². The molecule has 0 fully saturated rings. The van der Waals surface area contributed by atoms with Gasteiger partial charge in [-0.3, -0.25) is 9.59 Å². The molecule has 0 atom stereocenters. The van der Waals surface area contributed by atoms with Crippen LogP contribution in [-0.4, -0.2) is 22.2 Å². The third-order valence-electron chi connectivity index (χ3n) is 2.03. The topological polar surface area (TPSA) is 74.6 Å². The van der Waals surface area contributed by atoms with E-state index in [1.165, 1.54) is 0 Å². The molecule has 0 aliphatic heterocycles. The van der Waals surface area contributed by atoms with E-state index in [0.717, 1.165) is 38.5 Å². The standard InChI is InChI=1S/C10H18O4.ClH/c11-9(12)7-5-3-1-2-4-6-8-10(13)14;/h1-8H2,(H,11,12)(H,13,14);1H. The minimum atomic E-state index is -0.740. The Morgan fingerprint density at radius 1 is 0.667 bits per heavy atom. The van der Waals surface area contributed by atoms with Gasteiger partial charge in [0.1, 0.15) is 0 Å². The first kappa shape index (κ1) is 16.7. The van der Waals surface area contributed by atoms with Crippen LogP contribution in [0.25, 0.3) is 0 Å². The number of carboxylic acids is 2. The summed E-state index contributed by atoms with van der Waals surface area (Å²) in [5.74, 6) is -1.48. The van der Waals surface area contributed by atoms with Crippen LogP contribution in [0.1, 0.15) is 51.4 Å². The highest BCUT2D eigenvalue weighted by Crippen LogP contribution is 2.08. The Hall–Kier alpha value is -0.770. The summed E-state index contributed by atoms with van der Waals surface area (Å²) in [6, 6.07) is 0. The summed E-state index contributed by atoms with van der Waals surface area (Å²) in [6.07, 6.45) is 5.82. The lowest BCUT2D eigenvalue weighted by molar-refractivity contribution is -0.138. The van der Waals surface area contributed by atoms with Gasteiger partial charge >= 0.3 is 11.9 Å². The van der Waals surface area contributed by atoms with Crippen LogP contribution in [0.3, 0.4) is 0 Å². The van der Waals surface area contributed by atoms with Crippen molar-refractivity contribution in [1.29, 1.82) is 0 Å². The molecular formula is C10H19ClO4. The zero-order chi connectivity index (χ0) is 10.8. The number of carbonyl (C=O) groups is 2. The molecule has 0 aliphatic rings. The van der Waals surface area contributed by atoms with E-state index in [1.807, 2.05) is 0 Å². The van der Waals surface area contributed by atoms with Gasteiger partial charge < -0.3 is 10.2 Å². The number of rotatable bonds is 9. The Balaban J connectivity index is 0. The summed E-state index contributed by atoms with van der Waals surface area (Å²) < 4.78 is 0. The number of carboxylic acid groups (broad SMARTS) is 2. The maximum atomic E-state index is 10.1. The number of aliphatic carboxylic acids is 2. The summed E-state index contributed by atoms with van der Waals surface area (Å²) in [7, 11) is 0. The molecule has 0 rings (SSSR count). The molecule has 2 N–H and O–H groups in total. The fraction of sp³-hybridized carbons (Fsp3) is 0.800. The maximum Gasteiger partial charge on any atom is 0.303 e. The van der Waals surface area contributed by atoms with E-state index < -0.39 is 11.9 Å². The van der Waals surface area contributed by atoms with Crippen molar-refractivity contribution in [2.75, 3.05) is 0 Å². The molecule has 0 unspecified atom stereocenters. The van der Waals surface area contributed by atoms with Gasteiger partial charge in [-0.1, -0.05) is 25.7 Å². The Labute approximate surface area is 96.1 Å². The Morgan fingerprint density at radius 3 is 1.20 bits per heavy atom. The molecule has 0 aromatic rings. The molecule has 0 aliphatic carbocycles. The summed E-state index contributed by atoms with van der Waals surface area (Å²) in [4.78, 5) is 20.3. The van der Waals surface area contributed by atoms with Gasteiger partial charge in [-0.25, -0.2) is 0 Å². The molecule has 5 heteroatoms. The van der Waals surface area contributed by atoms with Crippen LogP contribution in [0.5, 0.6) is 0 Å². The summed E-state index contributed by atoms with van der Waals surface area (Å²) in [5.41, 5.74) is 0. The van der Waals surface area contributed by atoms with Gasteiger partial charge in [-0.2, -0.15) is 0 Å². The van der Waals surface area contributed by atoms with Crippen LogP contribution in [0.2, 0.25) is 0 Å². The average molecular weight is 239 g/mol. The van der Waals surface area contributed by atoms with E-state index >= 15 is 0 Å². The first-order chi connectivity index (χ1) is 6.63. The quantitative estimate of drug-likeness (QED) is 0.606. The molecule has 0 spiro atoms. The van der Waals surface area contributed by atoms with E-state index in [-0.39, 0.29) is 25.2 Å². The largest absolute Gasteiger partial charge is 0.481 e. The van der Waals surface area contributed by atoms with Crippen LogP contribution in [0, 0.1) is 0 Å². The Bertz CT molecular complexity index is 162. The molecule has 15 heavy (non-hydrogen) atoms. The second kappa shape index (κ2) is 11.3. The second-order valence-corrected chi connectivity index (χ2v) is 3.41. The molecule has 0 amide bonds. The van der Waals surface area contributed by atoms with Crippen molar-refractivity contribution in [3.05, 3.63) is 0 Å². The molecule has 0 radical (unpaired) electrons. The van der Waals surface area contributed by atoms with Crippen molar-refractivity contribution in [2.45, 2.75) is 51.4 Å². The fourth-order valence-electron chi connectivity index (χ4n) is 1.26. The normalized spacial score (nSPS) is 9.33. The number of hydrogen-bond donors (Lipinski definition) is 2. The van der Waals surface area contributed by atoms with E-state index in [1.54, 1.807) is 0 Å². The first-order valence-corrected chi connectivity index (χ1v) is 5.06. The molecule has 0 bridgehead atoms. The fourth-order valence-corrected chi connectivity index (χ4v) is 1.26. The molecular weight excluding hydrogens is 220 g/mol. The van der Waals surface area contributed by atoms with Crippen molar-refractivity contribution >= 4 is 24.3 Å².